The molecule has 0 aromatic rings. The fourth-order valence-electron chi connectivity index (χ4n) is 6.39. The molecule has 3 atom stereocenters. The lowest BCUT2D eigenvalue weighted by Crippen LogP contribution is -2.03. The van der Waals surface area contributed by atoms with Gasteiger partial charge in [-0.25, -0.2) is 0 Å². The fourth-order valence-corrected chi connectivity index (χ4v) is 6.39. The van der Waals surface area contributed by atoms with Crippen molar-refractivity contribution in [1.29, 1.82) is 0 Å². The van der Waals surface area contributed by atoms with E-state index in [9.17, 15) is 0 Å². The summed E-state index contributed by atoms with van der Waals surface area (Å²) in [5.41, 5.74) is 0. The minimum Gasteiger partial charge on any atom is -0.0654 e. The third kappa shape index (κ3) is 30.5. The Kier molecular flexibility index (Phi) is 31.5. The summed E-state index contributed by atoms with van der Waals surface area (Å²) in [5.74, 6) is 2.83. The molecule has 0 heteroatoms. The van der Waals surface area contributed by atoms with Gasteiger partial charge in [-0.2, -0.15) is 0 Å². The van der Waals surface area contributed by atoms with E-state index < -0.39 is 0 Å². The minimum atomic E-state index is 0.941. The van der Waals surface area contributed by atoms with E-state index in [1.165, 1.54) is 193 Å². The average Bonchev–Trinajstić information content (AvgIpc) is 2.91. The highest BCUT2D eigenvalue weighted by atomic mass is 14.1. The summed E-state index contributed by atoms with van der Waals surface area (Å²) >= 11 is 0. The zero-order valence-corrected chi connectivity index (χ0v) is 27.9. The molecular weight excluding hydrogens is 456 g/mol. The Morgan fingerprint density at radius 3 is 0.789 bits per heavy atom. The highest BCUT2D eigenvalue weighted by Gasteiger charge is 2.09. The van der Waals surface area contributed by atoms with Crippen LogP contribution in [0.4, 0.5) is 0 Å². The summed E-state index contributed by atoms with van der Waals surface area (Å²) in [7, 11) is 0. The molecule has 0 fully saturated rings. The van der Waals surface area contributed by atoms with Crippen LogP contribution in [0.2, 0.25) is 0 Å². The van der Waals surface area contributed by atoms with Crippen LogP contribution < -0.4 is 0 Å². The van der Waals surface area contributed by atoms with Gasteiger partial charge < -0.3 is 0 Å². The molecule has 0 heterocycles. The van der Waals surface area contributed by atoms with Crippen molar-refractivity contribution in [2.24, 2.45) is 17.8 Å². The highest BCUT2D eigenvalue weighted by molar-refractivity contribution is 4.61. The van der Waals surface area contributed by atoms with Gasteiger partial charge in [0, 0.05) is 0 Å². The second-order valence-electron chi connectivity index (χ2n) is 13.8. The summed E-state index contributed by atoms with van der Waals surface area (Å²) in [6.07, 6.45) is 44.1. The zero-order chi connectivity index (χ0) is 27.9. The maximum Gasteiger partial charge on any atom is -0.0440 e. The van der Waals surface area contributed by atoms with Gasteiger partial charge in [-0.3, -0.25) is 0 Å². The zero-order valence-electron chi connectivity index (χ0n) is 27.9. The van der Waals surface area contributed by atoms with Crippen molar-refractivity contribution in [2.45, 2.75) is 227 Å². The van der Waals surface area contributed by atoms with Gasteiger partial charge in [-0.15, -0.1) is 0 Å². The molecule has 0 rings (SSSR count). The van der Waals surface area contributed by atoms with Crippen molar-refractivity contribution in [1.82, 2.24) is 0 Å². The van der Waals surface area contributed by atoms with Crippen molar-refractivity contribution < 1.29 is 0 Å². The molecule has 0 aliphatic carbocycles. The van der Waals surface area contributed by atoms with E-state index in [-0.39, 0.29) is 0 Å². The first-order valence-corrected chi connectivity index (χ1v) is 18.6. The highest BCUT2D eigenvalue weighted by Crippen LogP contribution is 2.23. The molecule has 3 unspecified atom stereocenters. The molecule has 0 nitrogen and oxygen atoms in total. The Bertz CT molecular complexity index is 412. The van der Waals surface area contributed by atoms with E-state index >= 15 is 0 Å². The SMILES string of the molecule is CCCCCCCCCCCCCCCCCCC(C)CC(C)CCCCCCCCCCCC(C)CC. The minimum absolute atomic E-state index is 0.941. The average molecular weight is 535 g/mol. The molecule has 0 aliphatic heterocycles. The van der Waals surface area contributed by atoms with Gasteiger partial charge in [-0.05, 0) is 24.2 Å². The van der Waals surface area contributed by atoms with Crippen LogP contribution >= 0.6 is 0 Å². The van der Waals surface area contributed by atoms with Crippen LogP contribution in [0.1, 0.15) is 227 Å². The van der Waals surface area contributed by atoms with Gasteiger partial charge in [0.05, 0.1) is 0 Å². The fraction of sp³-hybridized carbons (Fsp3) is 1.00. The van der Waals surface area contributed by atoms with Crippen molar-refractivity contribution in [3.8, 4) is 0 Å². The van der Waals surface area contributed by atoms with Gasteiger partial charge in [0.1, 0.15) is 0 Å². The van der Waals surface area contributed by atoms with Crippen LogP contribution in [0.15, 0.2) is 0 Å². The van der Waals surface area contributed by atoms with Crippen molar-refractivity contribution in [3.63, 3.8) is 0 Å². The first-order chi connectivity index (χ1) is 18.6. The normalized spacial score (nSPS) is 14.1. The van der Waals surface area contributed by atoms with Crippen LogP contribution in [0, 0.1) is 17.8 Å². The smallest absolute Gasteiger partial charge is 0.0440 e. The Balaban J connectivity index is 3.28. The molecule has 0 amide bonds. The molecule has 0 saturated heterocycles. The van der Waals surface area contributed by atoms with E-state index in [1.54, 1.807) is 0 Å². The monoisotopic (exact) mass is 535 g/mol. The van der Waals surface area contributed by atoms with Crippen molar-refractivity contribution in [2.75, 3.05) is 0 Å². The van der Waals surface area contributed by atoms with Gasteiger partial charge in [0.25, 0.3) is 0 Å². The molecule has 0 bridgehead atoms. The molecule has 230 valence electrons. The molecule has 38 heavy (non-hydrogen) atoms. The van der Waals surface area contributed by atoms with Gasteiger partial charge in [0.15, 0.2) is 0 Å². The van der Waals surface area contributed by atoms with Crippen LogP contribution in [0.25, 0.3) is 0 Å². The molecule has 0 N–H and O–H groups in total. The lowest BCUT2D eigenvalue weighted by atomic mass is 9.89. The molecule has 0 aliphatic rings. The largest absolute Gasteiger partial charge is 0.0654 e. The van der Waals surface area contributed by atoms with E-state index in [1.807, 2.05) is 0 Å². The topological polar surface area (TPSA) is 0 Å². The van der Waals surface area contributed by atoms with Crippen molar-refractivity contribution >= 4 is 0 Å². The Labute approximate surface area is 244 Å². The summed E-state index contributed by atoms with van der Waals surface area (Å²) in [4.78, 5) is 0. The maximum absolute atomic E-state index is 2.52. The van der Waals surface area contributed by atoms with Crippen LogP contribution in [-0.4, -0.2) is 0 Å². The van der Waals surface area contributed by atoms with Crippen LogP contribution in [0.3, 0.4) is 0 Å². The van der Waals surface area contributed by atoms with Crippen molar-refractivity contribution in [3.05, 3.63) is 0 Å². The first kappa shape index (κ1) is 38.0. The summed E-state index contributed by atoms with van der Waals surface area (Å²) in [5, 5.41) is 0. The lowest BCUT2D eigenvalue weighted by Gasteiger charge is -2.17. The van der Waals surface area contributed by atoms with Gasteiger partial charge in [0.2, 0.25) is 0 Å². The lowest BCUT2D eigenvalue weighted by molar-refractivity contribution is 0.356. The molecule has 0 radical (unpaired) electrons. The van der Waals surface area contributed by atoms with E-state index in [4.69, 9.17) is 0 Å². The summed E-state index contributed by atoms with van der Waals surface area (Å²) in [6.45, 7) is 12.1. The second kappa shape index (κ2) is 31.5. The third-order valence-electron chi connectivity index (χ3n) is 9.45. The van der Waals surface area contributed by atoms with E-state index in [0.717, 1.165) is 17.8 Å². The third-order valence-corrected chi connectivity index (χ3v) is 9.45. The summed E-state index contributed by atoms with van der Waals surface area (Å²) in [6, 6.07) is 0. The Hall–Kier alpha value is 0. The predicted molar refractivity (Wildman–Crippen MR) is 177 cm³/mol. The number of hydrogen-bond acceptors (Lipinski definition) is 0. The van der Waals surface area contributed by atoms with Crippen LogP contribution in [-0.2, 0) is 0 Å². The number of rotatable bonds is 32. The number of hydrogen-bond donors (Lipinski definition) is 0. The van der Waals surface area contributed by atoms with E-state index in [2.05, 4.69) is 34.6 Å². The Morgan fingerprint density at radius 1 is 0.289 bits per heavy atom. The second-order valence-corrected chi connectivity index (χ2v) is 13.8. The van der Waals surface area contributed by atoms with Gasteiger partial charge >= 0.3 is 0 Å². The standard InChI is InChI=1S/C38H78/c1-6-8-9-10-11-12-13-14-15-16-17-18-20-24-27-30-33-37(4)35-38(5)34-31-28-25-22-19-21-23-26-29-32-36(3)7-2/h36-38H,6-35H2,1-5H3. The van der Waals surface area contributed by atoms with E-state index in [0.29, 0.717) is 0 Å². The maximum atomic E-state index is 2.52. The van der Waals surface area contributed by atoms with Gasteiger partial charge in [-0.1, -0.05) is 221 Å². The molecule has 0 aromatic carbocycles. The molecule has 0 saturated carbocycles. The molecule has 0 spiro atoms. The quantitative estimate of drug-likeness (QED) is 0.0752. The molecular formula is C38H78. The number of unbranched alkanes of at least 4 members (excludes halogenated alkanes) is 23. The van der Waals surface area contributed by atoms with Crippen LogP contribution in [0.5, 0.6) is 0 Å². The Morgan fingerprint density at radius 2 is 0.526 bits per heavy atom. The predicted octanol–water partition coefficient (Wildman–Crippen LogP) is 14.6. The first-order valence-electron chi connectivity index (χ1n) is 18.6. The molecule has 0 aromatic heterocycles. The summed E-state index contributed by atoms with van der Waals surface area (Å²) < 4.78 is 0.